The number of aliphatic hydroxyl groups is 1. The van der Waals surface area contributed by atoms with E-state index in [9.17, 15) is 43.2 Å². The minimum absolute atomic E-state index is 0. The minimum atomic E-state index is -5.22. The van der Waals surface area contributed by atoms with E-state index in [0.29, 0.717) is 32.2 Å². The molecule has 0 aliphatic rings. The largest absolute Gasteiger partial charge is 1.00 e. The van der Waals surface area contributed by atoms with Crippen molar-refractivity contribution in [3.63, 3.8) is 0 Å². The van der Waals surface area contributed by atoms with Gasteiger partial charge in [-0.1, -0.05) is 297 Å². The first kappa shape index (κ1) is 95.2. The molecule has 0 aromatic rings. The third-order valence-corrected chi connectivity index (χ3v) is 18.0. The summed E-state index contributed by atoms with van der Waals surface area (Å²) < 4.78 is 67.4. The van der Waals surface area contributed by atoms with Crippen molar-refractivity contribution in [3.8, 4) is 0 Å². The molecule has 0 bridgehead atoms. The number of rotatable bonds is 71. The summed E-state index contributed by atoms with van der Waals surface area (Å²) in [6, 6.07) is 0. The van der Waals surface area contributed by atoms with E-state index in [1.54, 1.807) is 0 Å². The van der Waals surface area contributed by atoms with Gasteiger partial charge < -0.3 is 57.7 Å². The van der Waals surface area contributed by atoms with Crippen LogP contribution in [0.15, 0.2) is 0 Å². The maximum absolute atomic E-state index is 13.0. The molecule has 0 saturated carbocycles. The normalized spacial score (nSPS) is 13.7. The number of unbranched alkanes of at least 4 members (excludes halogenated alkanes) is 44. The second-order valence-electron chi connectivity index (χ2n) is 25.0. The van der Waals surface area contributed by atoms with Crippen LogP contribution in [0.2, 0.25) is 0 Å². The molecule has 18 nitrogen and oxygen atoms in total. The topological polar surface area (TPSA) is 269 Å². The van der Waals surface area contributed by atoms with E-state index in [-0.39, 0.29) is 84.8 Å². The number of esters is 4. The molecule has 22 heteroatoms. The number of hydrogen-bond acceptors (Lipinski definition) is 18. The monoisotopic (exact) mass is 1360 g/mol. The number of phosphoric ester groups is 2. The predicted molar refractivity (Wildman–Crippen MR) is 353 cm³/mol. The second-order valence-corrected chi connectivity index (χ2v) is 27.8. The van der Waals surface area contributed by atoms with Gasteiger partial charge in [-0.2, -0.15) is 0 Å². The number of carbonyl (C=O) groups is 4. The van der Waals surface area contributed by atoms with Crippen LogP contribution < -0.4 is 74.6 Å². The van der Waals surface area contributed by atoms with Crippen molar-refractivity contribution in [2.45, 2.75) is 373 Å². The van der Waals surface area contributed by atoms with Crippen LogP contribution in [-0.2, 0) is 65.4 Å². The summed E-state index contributed by atoms with van der Waals surface area (Å²) >= 11 is 0. The quantitative estimate of drug-likeness (QED) is 0.0188. The van der Waals surface area contributed by atoms with Gasteiger partial charge >= 0.3 is 83.0 Å². The molecule has 0 spiro atoms. The maximum atomic E-state index is 13.0. The maximum Gasteiger partial charge on any atom is 1.00 e. The molecule has 0 amide bonds. The Morgan fingerprint density at radius 3 is 0.747 bits per heavy atom. The molecule has 0 aliphatic heterocycles. The van der Waals surface area contributed by atoms with E-state index in [0.717, 1.165) is 122 Å². The number of aliphatic hydroxyl groups excluding tert-OH is 1. The van der Waals surface area contributed by atoms with Gasteiger partial charge in [0.05, 0.1) is 26.4 Å². The second kappa shape index (κ2) is 71.3. The number of phosphoric acid groups is 2. The summed E-state index contributed by atoms with van der Waals surface area (Å²) in [5, 5.41) is 10.5. The minimum Gasteiger partial charge on any atom is -0.756 e. The Bertz CT molecular complexity index is 1730. The molecule has 5 atom stereocenters. The van der Waals surface area contributed by atoms with Crippen molar-refractivity contribution >= 4 is 39.5 Å². The van der Waals surface area contributed by atoms with Gasteiger partial charge in [0, 0.05) is 25.7 Å². The smallest absolute Gasteiger partial charge is 0.756 e. The molecule has 91 heavy (non-hydrogen) atoms. The Kier molecular flexibility index (Phi) is 74.6. The molecular weight excluding hydrogens is 1220 g/mol. The standard InChI is InChI=1S/C69H135NO17P2.2Na/c1-4-7-10-13-16-19-22-25-28-32-37-42-47-52-66(72)80-59-64(86-68(74)54-49-44-39-33-29-26-23-20-17-14-11-8-5-2)61-84-88(76,77)82-57-63(71)58-83-89(78,79)85-62-65(60-81-67(73)53-48-43-38-35-31-36-41-46-51-56-70)87-69(75)55-50-45-40-34-30-27-24-21-18-15-12-9-6-3;;/h63-65,71H,4-62,70H2,1-3H3,(H,76,77)(H,78,79);;/q;2*+1/p-2/t63-,64+,65+;;/m0../s1. The van der Waals surface area contributed by atoms with E-state index in [1.807, 2.05) is 0 Å². The van der Waals surface area contributed by atoms with Crippen LogP contribution in [-0.4, -0.2) is 93.5 Å². The third kappa shape index (κ3) is 71.1. The first-order chi connectivity index (χ1) is 43.2. The van der Waals surface area contributed by atoms with E-state index < -0.39 is 97.5 Å². The molecule has 0 rings (SSSR count). The molecule has 0 aromatic heterocycles. The zero-order valence-electron chi connectivity index (χ0n) is 58.9. The molecule has 3 N–H and O–H groups in total. The van der Waals surface area contributed by atoms with Gasteiger partial charge in [0.1, 0.15) is 19.3 Å². The molecule has 0 aliphatic carbocycles. The van der Waals surface area contributed by atoms with Crippen molar-refractivity contribution in [3.05, 3.63) is 0 Å². The van der Waals surface area contributed by atoms with E-state index in [1.165, 1.54) is 161 Å². The SMILES string of the molecule is CCCCCCCCCCCCCCCC(=O)OC[C@H](COP(=O)([O-])OC[C@H](O)COP(=O)([O-])OC[C@@H](COC(=O)CCCCCCCCCCCN)OC(=O)CCCCCCCCCCCCCCC)OC(=O)CCCCCCCCCCCCCCC.[Na+].[Na+]. The van der Waals surface area contributed by atoms with Crippen molar-refractivity contribution in [2.24, 2.45) is 5.73 Å². The van der Waals surface area contributed by atoms with Crippen molar-refractivity contribution in [1.29, 1.82) is 0 Å². The molecule has 0 fully saturated rings. The summed E-state index contributed by atoms with van der Waals surface area (Å²) in [4.78, 5) is 77.1. The van der Waals surface area contributed by atoms with Crippen molar-refractivity contribution < 1.29 is 139 Å². The molecule has 0 aromatic carbocycles. The number of carbonyl (C=O) groups excluding carboxylic acids is 4. The van der Waals surface area contributed by atoms with Crippen molar-refractivity contribution in [2.75, 3.05) is 46.2 Å². The summed E-state index contributed by atoms with van der Waals surface area (Å²) in [6.07, 6.45) is 49.9. The molecule has 0 saturated heterocycles. The van der Waals surface area contributed by atoms with Crippen LogP contribution in [0, 0.1) is 0 Å². The van der Waals surface area contributed by atoms with Crippen LogP contribution in [0.25, 0.3) is 0 Å². The van der Waals surface area contributed by atoms with E-state index in [2.05, 4.69) is 20.8 Å². The number of nitrogens with two attached hydrogens (primary N) is 1. The average Bonchev–Trinajstić information content (AvgIpc) is 3.43. The Morgan fingerprint density at radius 2 is 0.516 bits per heavy atom. The van der Waals surface area contributed by atoms with Crippen LogP contribution in [0.1, 0.15) is 355 Å². The Labute approximate surface area is 599 Å². The Balaban J connectivity index is -0.0000387. The van der Waals surface area contributed by atoms with Gasteiger partial charge in [0.15, 0.2) is 12.2 Å². The summed E-state index contributed by atoms with van der Waals surface area (Å²) in [5.41, 5.74) is 5.57. The fraction of sp³-hybridized carbons (Fsp3) is 0.942. The summed E-state index contributed by atoms with van der Waals surface area (Å²) in [7, 11) is -10.4. The van der Waals surface area contributed by atoms with Gasteiger partial charge in [-0.3, -0.25) is 28.3 Å². The molecule has 528 valence electrons. The Hall–Kier alpha value is 0.0200. The fourth-order valence-electron chi connectivity index (χ4n) is 10.6. The predicted octanol–water partition coefficient (Wildman–Crippen LogP) is 11.6. The molecular formula is C69H133NNa2O17P2. The van der Waals surface area contributed by atoms with E-state index in [4.69, 9.17) is 42.8 Å². The number of hydrogen-bond donors (Lipinski definition) is 2. The zero-order chi connectivity index (χ0) is 65.4. The molecule has 0 radical (unpaired) electrons. The first-order valence-electron chi connectivity index (χ1n) is 36.4. The summed E-state index contributed by atoms with van der Waals surface area (Å²) in [5.74, 6) is -2.23. The first-order valence-corrected chi connectivity index (χ1v) is 39.4. The third-order valence-electron chi connectivity index (χ3n) is 16.2. The van der Waals surface area contributed by atoms with E-state index >= 15 is 0 Å². The summed E-state index contributed by atoms with van der Waals surface area (Å²) in [6.45, 7) is 3.02. The van der Waals surface area contributed by atoms with Crippen molar-refractivity contribution in [1.82, 2.24) is 0 Å². The van der Waals surface area contributed by atoms with Crippen LogP contribution >= 0.6 is 15.6 Å². The van der Waals surface area contributed by atoms with Crippen LogP contribution in [0.5, 0.6) is 0 Å². The van der Waals surface area contributed by atoms with Gasteiger partial charge in [-0.05, 0) is 38.6 Å². The average molecular weight is 1360 g/mol. The molecule has 0 heterocycles. The van der Waals surface area contributed by atoms with Gasteiger partial charge in [-0.25, -0.2) is 0 Å². The van der Waals surface area contributed by atoms with Gasteiger partial charge in [0.2, 0.25) is 0 Å². The van der Waals surface area contributed by atoms with Crippen LogP contribution in [0.3, 0.4) is 0 Å². The fourth-order valence-corrected chi connectivity index (χ4v) is 12.1. The van der Waals surface area contributed by atoms with Gasteiger partial charge in [0.25, 0.3) is 15.6 Å². The zero-order valence-corrected chi connectivity index (χ0v) is 64.7. The van der Waals surface area contributed by atoms with Crippen LogP contribution in [0.4, 0.5) is 0 Å². The number of ether oxygens (including phenoxy) is 4. The Morgan fingerprint density at radius 1 is 0.319 bits per heavy atom. The molecule has 2 unspecified atom stereocenters. The van der Waals surface area contributed by atoms with Gasteiger partial charge in [-0.15, -0.1) is 0 Å².